The van der Waals surface area contributed by atoms with E-state index < -0.39 is 5.97 Å². The second kappa shape index (κ2) is 6.12. The molecule has 1 N–H and O–H groups in total. The smallest absolute Gasteiger partial charge is 0.307 e. The maximum atomic E-state index is 11.1. The number of hydrogen-bond donors (Lipinski definition) is 1. The van der Waals surface area contributed by atoms with Crippen LogP contribution in [0.3, 0.4) is 0 Å². The van der Waals surface area contributed by atoms with E-state index in [0.29, 0.717) is 42.8 Å². The van der Waals surface area contributed by atoms with Crippen molar-refractivity contribution in [3.05, 3.63) is 22.7 Å². The van der Waals surface area contributed by atoms with Gasteiger partial charge < -0.3 is 14.6 Å². The Bertz CT molecular complexity index is 549. The number of carboxylic acid groups (broad SMARTS) is 1. The fourth-order valence-corrected chi connectivity index (χ4v) is 3.20. The van der Waals surface area contributed by atoms with Crippen molar-refractivity contribution in [2.45, 2.75) is 19.4 Å². The molecule has 0 aliphatic carbocycles. The van der Waals surface area contributed by atoms with Crippen LogP contribution in [0.15, 0.2) is 12.1 Å². The second-order valence-electron chi connectivity index (χ2n) is 5.51. The molecule has 1 aromatic rings. The number of fused-ring (bicyclic) bond motifs is 1. The zero-order valence-electron chi connectivity index (χ0n) is 11.7. The van der Waals surface area contributed by atoms with E-state index >= 15 is 0 Å². The van der Waals surface area contributed by atoms with Crippen LogP contribution in [-0.2, 0) is 11.3 Å². The number of carboxylic acids is 1. The summed E-state index contributed by atoms with van der Waals surface area (Å²) in [6.45, 7) is 3.22. The predicted octanol–water partition coefficient (Wildman–Crippen LogP) is 2.41. The molecule has 1 saturated heterocycles. The van der Waals surface area contributed by atoms with E-state index in [9.17, 15) is 4.79 Å². The predicted molar refractivity (Wildman–Crippen MR) is 78.1 cm³/mol. The fourth-order valence-electron chi connectivity index (χ4n) is 2.91. The Kier molecular flexibility index (Phi) is 4.22. The van der Waals surface area contributed by atoms with Gasteiger partial charge in [-0.25, -0.2) is 0 Å². The van der Waals surface area contributed by atoms with E-state index in [0.717, 1.165) is 24.9 Å². The summed E-state index contributed by atoms with van der Waals surface area (Å²) >= 11 is 6.23. The lowest BCUT2D eigenvalue weighted by atomic mass is 9.98. The lowest BCUT2D eigenvalue weighted by Crippen LogP contribution is -2.38. The maximum absolute atomic E-state index is 11.1. The van der Waals surface area contributed by atoms with Gasteiger partial charge in [0.1, 0.15) is 13.2 Å². The van der Waals surface area contributed by atoms with Gasteiger partial charge in [-0.15, -0.1) is 0 Å². The van der Waals surface area contributed by atoms with Gasteiger partial charge in [0.15, 0.2) is 11.5 Å². The Morgan fingerprint density at radius 3 is 3.00 bits per heavy atom. The molecular weight excluding hydrogens is 294 g/mol. The Hall–Kier alpha value is -1.46. The third-order valence-electron chi connectivity index (χ3n) is 3.92. The molecule has 0 spiro atoms. The molecule has 0 radical (unpaired) electrons. The maximum Gasteiger partial charge on any atom is 0.307 e. The molecule has 1 aromatic carbocycles. The van der Waals surface area contributed by atoms with Gasteiger partial charge in [0.25, 0.3) is 0 Å². The third kappa shape index (κ3) is 3.24. The molecule has 21 heavy (non-hydrogen) atoms. The summed E-state index contributed by atoms with van der Waals surface area (Å²) in [6.07, 6.45) is 1.67. The number of benzene rings is 1. The Morgan fingerprint density at radius 1 is 1.38 bits per heavy atom. The topological polar surface area (TPSA) is 59.0 Å². The van der Waals surface area contributed by atoms with Crippen molar-refractivity contribution in [1.82, 2.24) is 4.90 Å². The fraction of sp³-hybridized carbons (Fsp3) is 0.533. The Balaban J connectivity index is 1.73. The highest BCUT2D eigenvalue weighted by atomic mass is 35.5. The number of ether oxygens (including phenoxy) is 2. The van der Waals surface area contributed by atoms with E-state index in [-0.39, 0.29) is 5.92 Å². The zero-order valence-corrected chi connectivity index (χ0v) is 12.4. The average Bonchev–Trinajstić information content (AvgIpc) is 2.47. The Labute approximate surface area is 128 Å². The number of likely N-dealkylation sites (tertiary alicyclic amines) is 1. The van der Waals surface area contributed by atoms with Gasteiger partial charge in [-0.2, -0.15) is 0 Å². The number of hydrogen-bond acceptors (Lipinski definition) is 4. The van der Waals surface area contributed by atoms with Crippen molar-refractivity contribution in [1.29, 1.82) is 0 Å². The SMILES string of the molecule is O=C(O)[C@@H]1CCCN(Cc2cc(Cl)c3c(c2)OCCO3)C1. The van der Waals surface area contributed by atoms with Crippen molar-refractivity contribution in [2.75, 3.05) is 26.3 Å². The largest absolute Gasteiger partial charge is 0.486 e. The van der Waals surface area contributed by atoms with Crippen molar-refractivity contribution in [3.63, 3.8) is 0 Å². The molecule has 0 aromatic heterocycles. The second-order valence-corrected chi connectivity index (χ2v) is 5.92. The molecule has 0 bridgehead atoms. The number of carbonyl (C=O) groups is 1. The van der Waals surface area contributed by atoms with Gasteiger partial charge in [-0.1, -0.05) is 11.6 Å². The van der Waals surface area contributed by atoms with Crippen LogP contribution >= 0.6 is 11.6 Å². The van der Waals surface area contributed by atoms with E-state index in [1.807, 2.05) is 12.1 Å². The van der Waals surface area contributed by atoms with Crippen LogP contribution in [0.25, 0.3) is 0 Å². The molecule has 114 valence electrons. The molecule has 0 unspecified atom stereocenters. The highest BCUT2D eigenvalue weighted by molar-refractivity contribution is 6.32. The van der Waals surface area contributed by atoms with Crippen LogP contribution in [0.2, 0.25) is 5.02 Å². The van der Waals surface area contributed by atoms with Crippen LogP contribution in [0.1, 0.15) is 18.4 Å². The average molecular weight is 312 g/mol. The van der Waals surface area contributed by atoms with Gasteiger partial charge in [0.05, 0.1) is 10.9 Å². The molecule has 1 atom stereocenters. The van der Waals surface area contributed by atoms with E-state index in [1.54, 1.807) is 0 Å². The molecule has 5 nitrogen and oxygen atoms in total. The molecule has 1 fully saturated rings. The number of rotatable bonds is 3. The first-order valence-electron chi connectivity index (χ1n) is 7.16. The quantitative estimate of drug-likeness (QED) is 0.929. The van der Waals surface area contributed by atoms with Crippen molar-refractivity contribution in [2.24, 2.45) is 5.92 Å². The number of halogens is 1. The van der Waals surface area contributed by atoms with Crippen molar-refractivity contribution < 1.29 is 19.4 Å². The minimum Gasteiger partial charge on any atom is -0.486 e. The molecule has 2 heterocycles. The van der Waals surface area contributed by atoms with Crippen LogP contribution in [0, 0.1) is 5.92 Å². The number of nitrogens with zero attached hydrogens (tertiary/aromatic N) is 1. The summed E-state index contributed by atoms with van der Waals surface area (Å²) in [4.78, 5) is 13.3. The van der Waals surface area contributed by atoms with E-state index in [1.165, 1.54) is 0 Å². The molecule has 6 heteroatoms. The normalized spacial score (nSPS) is 22.0. The zero-order chi connectivity index (χ0) is 14.8. The minimum atomic E-state index is -0.708. The summed E-state index contributed by atoms with van der Waals surface area (Å²) in [6, 6.07) is 3.81. The van der Waals surface area contributed by atoms with Gasteiger partial charge in [0.2, 0.25) is 0 Å². The third-order valence-corrected chi connectivity index (χ3v) is 4.20. The summed E-state index contributed by atoms with van der Waals surface area (Å²) in [5.41, 5.74) is 1.02. The molecule has 2 aliphatic heterocycles. The monoisotopic (exact) mass is 311 g/mol. The summed E-state index contributed by atoms with van der Waals surface area (Å²) in [5, 5.41) is 9.69. The molecular formula is C15H18ClNO4. The van der Waals surface area contributed by atoms with Crippen LogP contribution < -0.4 is 9.47 Å². The molecule has 0 saturated carbocycles. The Morgan fingerprint density at radius 2 is 2.19 bits per heavy atom. The minimum absolute atomic E-state index is 0.272. The first-order valence-corrected chi connectivity index (χ1v) is 7.54. The summed E-state index contributed by atoms with van der Waals surface area (Å²) in [5.74, 6) is 0.301. The highest BCUT2D eigenvalue weighted by Gasteiger charge is 2.26. The van der Waals surface area contributed by atoms with Gasteiger partial charge in [-0.3, -0.25) is 9.69 Å². The number of aliphatic carboxylic acids is 1. The van der Waals surface area contributed by atoms with Crippen LogP contribution in [0.5, 0.6) is 11.5 Å². The first kappa shape index (κ1) is 14.5. The molecule has 3 rings (SSSR count). The van der Waals surface area contributed by atoms with E-state index in [4.69, 9.17) is 26.2 Å². The summed E-state index contributed by atoms with van der Waals surface area (Å²) in [7, 11) is 0. The van der Waals surface area contributed by atoms with Gasteiger partial charge >= 0.3 is 5.97 Å². The number of piperidine rings is 1. The van der Waals surface area contributed by atoms with Gasteiger partial charge in [-0.05, 0) is 37.1 Å². The highest BCUT2D eigenvalue weighted by Crippen LogP contribution is 2.38. The first-order chi connectivity index (χ1) is 10.1. The standard InChI is InChI=1S/C15H18ClNO4/c16-12-6-10(7-13-14(12)21-5-4-20-13)8-17-3-1-2-11(9-17)15(18)19/h6-7,11H,1-5,8-9H2,(H,18,19)/t11-/m1/s1. The lowest BCUT2D eigenvalue weighted by Gasteiger charge is -2.31. The lowest BCUT2D eigenvalue weighted by molar-refractivity contribution is -0.143. The molecule has 2 aliphatic rings. The van der Waals surface area contributed by atoms with E-state index in [2.05, 4.69) is 4.90 Å². The van der Waals surface area contributed by atoms with Gasteiger partial charge in [0, 0.05) is 13.1 Å². The van der Waals surface area contributed by atoms with Crippen molar-refractivity contribution in [3.8, 4) is 11.5 Å². The summed E-state index contributed by atoms with van der Waals surface area (Å²) < 4.78 is 11.1. The van der Waals surface area contributed by atoms with Crippen LogP contribution in [-0.4, -0.2) is 42.3 Å². The molecule has 0 amide bonds. The van der Waals surface area contributed by atoms with Crippen LogP contribution in [0.4, 0.5) is 0 Å². The van der Waals surface area contributed by atoms with Crippen molar-refractivity contribution >= 4 is 17.6 Å².